The van der Waals surface area contributed by atoms with Gasteiger partial charge in [0.1, 0.15) is 11.4 Å². The molecule has 0 saturated heterocycles. The Morgan fingerprint density at radius 2 is 1.95 bits per heavy atom. The van der Waals surface area contributed by atoms with E-state index >= 15 is 0 Å². The Morgan fingerprint density at radius 1 is 1.16 bits per heavy atom. The van der Waals surface area contributed by atoms with E-state index in [4.69, 9.17) is 4.74 Å². The van der Waals surface area contributed by atoms with Gasteiger partial charge in [-0.05, 0) is 81.2 Å². The third-order valence-corrected chi connectivity index (χ3v) is 8.63. The lowest BCUT2D eigenvalue weighted by Gasteiger charge is -2.37. The van der Waals surface area contributed by atoms with Crippen LogP contribution in [-0.2, 0) is 19.4 Å². The van der Waals surface area contributed by atoms with E-state index in [9.17, 15) is 14.7 Å². The molecule has 2 amide bonds. The van der Waals surface area contributed by atoms with Gasteiger partial charge in [-0.3, -0.25) is 9.59 Å². The number of carbonyl (C=O) groups is 2. The first-order valence-corrected chi connectivity index (χ1v) is 14.2. The van der Waals surface area contributed by atoms with Crippen molar-refractivity contribution in [2.24, 2.45) is 0 Å². The van der Waals surface area contributed by atoms with Crippen molar-refractivity contribution in [2.75, 3.05) is 33.9 Å². The number of methoxy groups -OCH3 is 1. The molecule has 0 atom stereocenters. The molecule has 1 N–H and O–H groups in total. The van der Waals surface area contributed by atoms with Crippen molar-refractivity contribution in [3.63, 3.8) is 0 Å². The molecule has 7 nitrogen and oxygen atoms in total. The number of thiophene rings is 1. The van der Waals surface area contributed by atoms with Crippen LogP contribution in [0.15, 0.2) is 29.6 Å². The lowest BCUT2D eigenvalue weighted by molar-refractivity contribution is 0.0558. The molecule has 3 aromatic rings. The van der Waals surface area contributed by atoms with E-state index in [1.54, 1.807) is 25.5 Å². The zero-order chi connectivity index (χ0) is 27.2. The van der Waals surface area contributed by atoms with Gasteiger partial charge in [0.05, 0.1) is 25.0 Å². The summed E-state index contributed by atoms with van der Waals surface area (Å²) in [5.74, 6) is 0.421. The predicted octanol–water partition coefficient (Wildman–Crippen LogP) is 5.09. The molecule has 0 unspecified atom stereocenters. The summed E-state index contributed by atoms with van der Waals surface area (Å²) in [5.41, 5.74) is 6.32. The van der Waals surface area contributed by atoms with Gasteiger partial charge in [0.15, 0.2) is 0 Å². The molecule has 4 heterocycles. The molecular weight excluding hydrogens is 498 g/mol. The van der Waals surface area contributed by atoms with Gasteiger partial charge in [0.25, 0.3) is 11.8 Å². The lowest BCUT2D eigenvalue weighted by atomic mass is 9.91. The van der Waals surface area contributed by atoms with E-state index in [2.05, 4.69) is 42.9 Å². The van der Waals surface area contributed by atoms with E-state index in [0.717, 1.165) is 70.7 Å². The van der Waals surface area contributed by atoms with Gasteiger partial charge in [-0.25, -0.2) is 0 Å². The number of aliphatic hydroxyl groups is 1. The Kier molecular flexibility index (Phi) is 7.13. The number of nitrogens with zero attached hydrogens (tertiary/aromatic N) is 3. The Bertz CT molecular complexity index is 1370. The summed E-state index contributed by atoms with van der Waals surface area (Å²) < 4.78 is 7.88. The number of amides is 2. The predicted molar refractivity (Wildman–Crippen MR) is 151 cm³/mol. The molecule has 0 radical (unpaired) electrons. The van der Waals surface area contributed by atoms with Crippen molar-refractivity contribution < 1.29 is 19.4 Å². The fourth-order valence-electron chi connectivity index (χ4n) is 5.86. The van der Waals surface area contributed by atoms with Crippen LogP contribution in [0.5, 0.6) is 5.75 Å². The van der Waals surface area contributed by atoms with Gasteiger partial charge in [0.2, 0.25) is 0 Å². The Morgan fingerprint density at radius 3 is 2.61 bits per heavy atom. The monoisotopic (exact) mass is 535 g/mol. The zero-order valence-corrected chi connectivity index (χ0v) is 23.8. The van der Waals surface area contributed by atoms with Crippen LogP contribution >= 0.6 is 11.3 Å². The van der Waals surface area contributed by atoms with Crippen molar-refractivity contribution in [1.82, 2.24) is 14.4 Å². The number of aryl methyl sites for hydroxylation is 1. The maximum atomic E-state index is 14.2. The summed E-state index contributed by atoms with van der Waals surface area (Å²) >= 11 is 1.68. The highest BCUT2D eigenvalue weighted by Crippen LogP contribution is 2.47. The molecule has 2 aliphatic heterocycles. The van der Waals surface area contributed by atoms with Crippen LogP contribution in [0.3, 0.4) is 0 Å². The number of aromatic nitrogens is 1. The molecule has 8 heteroatoms. The number of ether oxygens (including phenoxy) is 1. The highest BCUT2D eigenvalue weighted by molar-refractivity contribution is 7.13. The number of likely N-dealkylation sites (N-methyl/N-ethyl adjacent to an activating group) is 1. The van der Waals surface area contributed by atoms with Crippen molar-refractivity contribution in [3.8, 4) is 27.4 Å². The van der Waals surface area contributed by atoms with Gasteiger partial charge < -0.3 is 24.2 Å². The molecule has 0 saturated carbocycles. The molecule has 1 aromatic carbocycles. The minimum atomic E-state index is -0.281. The number of benzene rings is 1. The summed E-state index contributed by atoms with van der Waals surface area (Å²) in [6, 6.07) is 8.10. The van der Waals surface area contributed by atoms with Crippen LogP contribution in [0.1, 0.15) is 65.6 Å². The zero-order valence-electron chi connectivity index (χ0n) is 23.0. The minimum Gasteiger partial charge on any atom is -0.496 e. The van der Waals surface area contributed by atoms with Crippen LogP contribution in [0.25, 0.3) is 21.7 Å². The van der Waals surface area contributed by atoms with Crippen LogP contribution in [0.4, 0.5) is 0 Å². The van der Waals surface area contributed by atoms with E-state index in [1.807, 2.05) is 17.0 Å². The average Bonchev–Trinajstić information content (AvgIpc) is 3.51. The smallest absolute Gasteiger partial charge is 0.271 e. The molecular formula is C30H37N3O4S. The normalized spacial score (nSPS) is 15.3. The van der Waals surface area contributed by atoms with Crippen molar-refractivity contribution >= 4 is 23.2 Å². The average molecular weight is 536 g/mol. The fraction of sp³-hybridized carbons (Fsp3) is 0.467. The summed E-state index contributed by atoms with van der Waals surface area (Å²) in [5, 5.41) is 11.5. The molecule has 2 aromatic heterocycles. The number of hydrogen-bond acceptors (Lipinski definition) is 5. The molecule has 2 aliphatic rings. The topological polar surface area (TPSA) is 75.0 Å². The maximum Gasteiger partial charge on any atom is 0.271 e. The number of aliphatic hydroxyl groups excluding tert-OH is 1. The fourth-order valence-corrected chi connectivity index (χ4v) is 6.66. The van der Waals surface area contributed by atoms with Gasteiger partial charge >= 0.3 is 0 Å². The number of carbonyl (C=O) groups excluding carboxylic acids is 2. The van der Waals surface area contributed by atoms with Crippen LogP contribution in [0, 0.1) is 0 Å². The van der Waals surface area contributed by atoms with Gasteiger partial charge in [0, 0.05) is 48.2 Å². The Hall–Kier alpha value is -3.10. The third kappa shape index (κ3) is 4.43. The molecule has 0 fully saturated rings. The summed E-state index contributed by atoms with van der Waals surface area (Å²) in [7, 11) is 3.27. The van der Waals surface area contributed by atoms with Gasteiger partial charge in [-0.2, -0.15) is 0 Å². The molecule has 202 valence electrons. The first-order chi connectivity index (χ1) is 18.2. The minimum absolute atomic E-state index is 0.0900. The summed E-state index contributed by atoms with van der Waals surface area (Å²) in [6.07, 6.45) is 3.58. The molecule has 0 bridgehead atoms. The van der Waals surface area contributed by atoms with Crippen LogP contribution in [0.2, 0.25) is 0 Å². The first-order valence-electron chi connectivity index (χ1n) is 13.4. The van der Waals surface area contributed by atoms with Crippen LogP contribution < -0.4 is 4.74 Å². The number of hydrogen-bond donors (Lipinski definition) is 1. The van der Waals surface area contributed by atoms with E-state index in [-0.39, 0.29) is 30.5 Å². The third-order valence-electron chi connectivity index (χ3n) is 7.75. The molecule has 5 rings (SSSR count). The largest absolute Gasteiger partial charge is 0.496 e. The second kappa shape index (κ2) is 10.2. The Labute approximate surface area is 228 Å². The second-order valence-corrected chi connectivity index (χ2v) is 12.1. The highest BCUT2D eigenvalue weighted by atomic mass is 32.1. The van der Waals surface area contributed by atoms with Gasteiger partial charge in [-0.15, -0.1) is 11.3 Å². The maximum absolute atomic E-state index is 14.2. The van der Waals surface area contributed by atoms with Crippen molar-refractivity contribution in [3.05, 3.63) is 52.0 Å². The molecule has 0 aliphatic carbocycles. The molecule has 0 spiro atoms. The SMILES string of the molecule is COc1cc2c(cc1C(=O)N(C)CCO)-c1c(-c3cccs3)c3c(n1CC2)C(=O)N(C(C)(C)C)CCCC3. The summed E-state index contributed by atoms with van der Waals surface area (Å²) in [4.78, 5) is 32.3. The molecule has 38 heavy (non-hydrogen) atoms. The number of rotatable bonds is 5. The Balaban J connectivity index is 1.79. The lowest BCUT2D eigenvalue weighted by Crippen LogP contribution is -2.47. The van der Waals surface area contributed by atoms with Gasteiger partial charge in [-0.1, -0.05) is 6.07 Å². The van der Waals surface area contributed by atoms with Crippen molar-refractivity contribution in [1.29, 1.82) is 0 Å². The first kappa shape index (κ1) is 26.5. The quantitative estimate of drug-likeness (QED) is 0.494. The highest BCUT2D eigenvalue weighted by Gasteiger charge is 2.38. The van der Waals surface area contributed by atoms with E-state index < -0.39 is 0 Å². The number of fused-ring (bicyclic) bond motifs is 5. The second-order valence-electron chi connectivity index (χ2n) is 11.2. The van der Waals surface area contributed by atoms with Crippen LogP contribution in [-0.4, -0.2) is 70.7 Å². The van der Waals surface area contributed by atoms with Crippen molar-refractivity contribution in [2.45, 2.75) is 58.5 Å². The summed E-state index contributed by atoms with van der Waals surface area (Å²) in [6.45, 7) is 7.89. The van der Waals surface area contributed by atoms with E-state index in [1.165, 1.54) is 4.90 Å². The van der Waals surface area contributed by atoms with E-state index in [0.29, 0.717) is 17.9 Å². The standard InChI is InChI=1S/C30H37N3O4S/c1-30(2,3)33-12-7-6-9-20-25(24-10-8-16-38-24)26-21-18-22(28(35)31(4)14-15-34)23(37-5)17-19(21)11-13-32(26)27(20)29(33)36/h8,10,16-18,34H,6-7,9,11-15H2,1-5H3.